The summed E-state index contributed by atoms with van der Waals surface area (Å²) in [6.45, 7) is 0.163. The molecule has 2 fully saturated rings. The molecule has 0 saturated heterocycles. The molecule has 2 aromatic rings. The van der Waals surface area contributed by atoms with E-state index in [2.05, 4.69) is 10.6 Å². The van der Waals surface area contributed by atoms with Crippen LogP contribution in [-0.2, 0) is 4.79 Å². The van der Waals surface area contributed by atoms with Crippen LogP contribution in [0, 0.1) is 17.6 Å². The van der Waals surface area contributed by atoms with Gasteiger partial charge in [-0.1, -0.05) is 12.1 Å². The Labute approximate surface area is 201 Å². The number of carboxylic acid groups (broad SMARTS) is 1. The van der Waals surface area contributed by atoms with Crippen molar-refractivity contribution in [1.29, 1.82) is 0 Å². The van der Waals surface area contributed by atoms with Gasteiger partial charge in [-0.15, -0.1) is 0 Å². The number of halogens is 2. The van der Waals surface area contributed by atoms with E-state index in [1.54, 1.807) is 12.1 Å². The number of carbonyl (C=O) groups is 3. The molecule has 3 N–H and O–H groups in total. The van der Waals surface area contributed by atoms with Crippen LogP contribution in [0.15, 0.2) is 36.4 Å². The molecule has 186 valence electrons. The zero-order chi connectivity index (χ0) is 24.9. The molecule has 0 unspecified atom stereocenters. The number of ether oxygens (including phenoxy) is 1. The van der Waals surface area contributed by atoms with Crippen LogP contribution in [0.4, 0.5) is 8.78 Å². The van der Waals surface area contributed by atoms with E-state index in [0.29, 0.717) is 37.2 Å². The maximum Gasteiger partial charge on any atom is 0.306 e. The number of hydrogen-bond donors (Lipinski definition) is 3. The van der Waals surface area contributed by atoms with E-state index in [9.17, 15) is 23.2 Å². The van der Waals surface area contributed by atoms with E-state index in [1.165, 1.54) is 24.5 Å². The maximum absolute atomic E-state index is 14.5. The second kappa shape index (κ2) is 10.8. The summed E-state index contributed by atoms with van der Waals surface area (Å²) in [5.41, 5.74) is 1.28. The number of benzene rings is 2. The van der Waals surface area contributed by atoms with Crippen LogP contribution >= 0.6 is 0 Å². The molecule has 2 aliphatic carbocycles. The SMILES string of the molecule is O=C(NCCNC(=O)c1ccc(O[C@H]2CC[C@@H](C(=O)O)CC2)c(F)c1F)c1ccc(C2CC2)cc1. The molecule has 2 amide bonds. The van der Waals surface area contributed by atoms with Gasteiger partial charge in [0.25, 0.3) is 11.8 Å². The molecular formula is C26H28F2N2O5. The van der Waals surface area contributed by atoms with Crippen LogP contribution in [0.2, 0.25) is 0 Å². The molecule has 0 aliphatic heterocycles. The lowest BCUT2D eigenvalue weighted by Gasteiger charge is -2.27. The van der Waals surface area contributed by atoms with Crippen LogP contribution in [0.5, 0.6) is 5.75 Å². The molecule has 0 bridgehead atoms. The van der Waals surface area contributed by atoms with E-state index < -0.39 is 41.1 Å². The lowest BCUT2D eigenvalue weighted by atomic mass is 9.87. The average molecular weight is 487 g/mol. The van der Waals surface area contributed by atoms with Gasteiger partial charge in [0.2, 0.25) is 5.82 Å². The lowest BCUT2D eigenvalue weighted by molar-refractivity contribution is -0.143. The van der Waals surface area contributed by atoms with Crippen LogP contribution in [0.1, 0.15) is 70.7 Å². The summed E-state index contributed by atoms with van der Waals surface area (Å²) in [4.78, 5) is 35.6. The van der Waals surface area contributed by atoms with E-state index in [1.807, 2.05) is 12.1 Å². The Balaban J connectivity index is 1.24. The molecule has 0 heterocycles. The Kier molecular flexibility index (Phi) is 7.63. The highest BCUT2D eigenvalue weighted by molar-refractivity contribution is 5.95. The molecule has 2 aliphatic rings. The number of hydrogen-bond acceptors (Lipinski definition) is 4. The summed E-state index contributed by atoms with van der Waals surface area (Å²) >= 11 is 0. The summed E-state index contributed by atoms with van der Waals surface area (Å²) in [6.07, 6.45) is 3.63. The minimum Gasteiger partial charge on any atom is -0.487 e. The second-order valence-electron chi connectivity index (χ2n) is 9.08. The first-order valence-corrected chi connectivity index (χ1v) is 11.9. The third-order valence-corrected chi connectivity index (χ3v) is 6.53. The Hall–Kier alpha value is -3.49. The largest absolute Gasteiger partial charge is 0.487 e. The standard InChI is InChI=1S/C26H28F2N2O5/c27-22-20(11-12-21(23(22)28)35-19-9-7-18(8-10-19)26(33)34)25(32)30-14-13-29-24(31)17-5-3-16(4-6-17)15-1-2-15/h3-6,11-12,15,18-19H,1-2,7-10,13-14H2,(H,29,31)(H,30,32)(H,33,34)/t18-,19+. The zero-order valence-corrected chi connectivity index (χ0v) is 19.2. The van der Waals surface area contributed by atoms with Gasteiger partial charge in [0.05, 0.1) is 17.6 Å². The molecule has 0 aromatic heterocycles. The van der Waals surface area contributed by atoms with Gasteiger partial charge in [-0.05, 0) is 74.3 Å². The van der Waals surface area contributed by atoms with E-state index in [0.717, 1.165) is 6.07 Å². The molecule has 0 radical (unpaired) electrons. The predicted octanol–water partition coefficient (Wildman–Crippen LogP) is 4.02. The van der Waals surface area contributed by atoms with Crippen molar-refractivity contribution in [1.82, 2.24) is 10.6 Å². The fraction of sp³-hybridized carbons (Fsp3) is 0.423. The third-order valence-electron chi connectivity index (χ3n) is 6.53. The normalized spacial score (nSPS) is 19.6. The fourth-order valence-corrected chi connectivity index (χ4v) is 4.28. The highest BCUT2D eigenvalue weighted by atomic mass is 19.2. The van der Waals surface area contributed by atoms with Crippen LogP contribution in [0.3, 0.4) is 0 Å². The van der Waals surface area contributed by atoms with Gasteiger partial charge in [0, 0.05) is 18.7 Å². The van der Waals surface area contributed by atoms with Gasteiger partial charge < -0.3 is 20.5 Å². The lowest BCUT2D eigenvalue weighted by Crippen LogP contribution is -2.35. The Morgan fingerprint density at radius 2 is 1.46 bits per heavy atom. The molecule has 4 rings (SSSR count). The maximum atomic E-state index is 14.5. The molecule has 7 nitrogen and oxygen atoms in total. The Bertz CT molecular complexity index is 1090. The summed E-state index contributed by atoms with van der Waals surface area (Å²) in [5, 5.41) is 14.2. The summed E-state index contributed by atoms with van der Waals surface area (Å²) in [5.74, 6) is -4.68. The number of nitrogens with one attached hydrogen (secondary N) is 2. The van der Waals surface area contributed by atoms with Gasteiger partial charge in [-0.25, -0.2) is 4.39 Å². The molecule has 2 saturated carbocycles. The van der Waals surface area contributed by atoms with Crippen molar-refractivity contribution in [2.24, 2.45) is 5.92 Å². The zero-order valence-electron chi connectivity index (χ0n) is 19.2. The molecular weight excluding hydrogens is 458 g/mol. The van der Waals surface area contributed by atoms with E-state index in [4.69, 9.17) is 9.84 Å². The minimum absolute atomic E-state index is 0.0386. The summed E-state index contributed by atoms with van der Waals surface area (Å²) in [6, 6.07) is 9.76. The van der Waals surface area contributed by atoms with Crippen LogP contribution in [0.25, 0.3) is 0 Å². The van der Waals surface area contributed by atoms with Crippen molar-refractivity contribution in [3.8, 4) is 5.75 Å². The monoisotopic (exact) mass is 486 g/mol. The summed E-state index contributed by atoms with van der Waals surface area (Å²) in [7, 11) is 0. The second-order valence-corrected chi connectivity index (χ2v) is 9.08. The van der Waals surface area contributed by atoms with Gasteiger partial charge in [0.1, 0.15) is 0 Å². The topological polar surface area (TPSA) is 105 Å². The first-order chi connectivity index (χ1) is 16.8. The highest BCUT2D eigenvalue weighted by Gasteiger charge is 2.28. The first kappa shape index (κ1) is 24.6. The fourth-order valence-electron chi connectivity index (χ4n) is 4.28. The average Bonchev–Trinajstić information content (AvgIpc) is 3.70. The molecule has 0 spiro atoms. The first-order valence-electron chi connectivity index (χ1n) is 11.9. The molecule has 35 heavy (non-hydrogen) atoms. The van der Waals surface area contributed by atoms with Gasteiger partial charge in [0.15, 0.2) is 11.6 Å². The van der Waals surface area contributed by atoms with Crippen LogP contribution < -0.4 is 15.4 Å². The smallest absolute Gasteiger partial charge is 0.306 e. The predicted molar refractivity (Wildman–Crippen MR) is 123 cm³/mol. The summed E-state index contributed by atoms with van der Waals surface area (Å²) < 4.78 is 34.6. The Morgan fingerprint density at radius 3 is 2.06 bits per heavy atom. The number of aliphatic carboxylic acids is 1. The number of amides is 2. The molecule has 9 heteroatoms. The van der Waals surface area contributed by atoms with Crippen molar-refractivity contribution in [3.05, 3.63) is 64.7 Å². The minimum atomic E-state index is -1.32. The van der Waals surface area contributed by atoms with E-state index in [-0.39, 0.29) is 24.7 Å². The Morgan fingerprint density at radius 1 is 0.829 bits per heavy atom. The van der Waals surface area contributed by atoms with Crippen molar-refractivity contribution >= 4 is 17.8 Å². The highest BCUT2D eigenvalue weighted by Crippen LogP contribution is 2.39. The molecule has 0 atom stereocenters. The quantitative estimate of drug-likeness (QED) is 0.465. The van der Waals surface area contributed by atoms with Crippen molar-refractivity contribution < 1.29 is 33.0 Å². The van der Waals surface area contributed by atoms with Gasteiger partial charge >= 0.3 is 5.97 Å². The van der Waals surface area contributed by atoms with Crippen LogP contribution in [-0.4, -0.2) is 42.1 Å². The van der Waals surface area contributed by atoms with Crippen molar-refractivity contribution in [2.45, 2.75) is 50.5 Å². The van der Waals surface area contributed by atoms with E-state index >= 15 is 0 Å². The van der Waals surface area contributed by atoms with Crippen molar-refractivity contribution in [2.75, 3.05) is 13.1 Å². The number of carbonyl (C=O) groups excluding carboxylic acids is 2. The number of rotatable bonds is 9. The molecule has 2 aromatic carbocycles. The van der Waals surface area contributed by atoms with Gasteiger partial charge in [-0.3, -0.25) is 14.4 Å². The third kappa shape index (κ3) is 6.15. The van der Waals surface area contributed by atoms with Gasteiger partial charge in [-0.2, -0.15) is 4.39 Å². The number of carboxylic acids is 1. The van der Waals surface area contributed by atoms with Crippen molar-refractivity contribution in [3.63, 3.8) is 0 Å².